The van der Waals surface area contributed by atoms with Gasteiger partial charge in [-0.15, -0.1) is 0 Å². The Morgan fingerprint density at radius 1 is 0.689 bits per heavy atom. The van der Waals surface area contributed by atoms with Gasteiger partial charge < -0.3 is 98.2 Å². The fraction of sp³-hybridized carbons (Fsp3) is 0.960. The van der Waals surface area contributed by atoms with E-state index in [2.05, 4.69) is 5.32 Å². The molecule has 3 aliphatic heterocycles. The fourth-order valence-electron chi connectivity index (χ4n) is 6.10. The van der Waals surface area contributed by atoms with Crippen LogP contribution in [0.25, 0.3) is 0 Å². The molecule has 3 heterocycles. The van der Waals surface area contributed by atoms with Crippen LogP contribution in [-0.2, 0) is 33.2 Å². The molecular weight excluding hydrogens is 608 g/mol. The Kier molecular flexibility index (Phi) is 12.5. The van der Waals surface area contributed by atoms with Crippen molar-refractivity contribution < 1.29 is 69.0 Å². The molecule has 0 aromatic heterocycles. The summed E-state index contributed by atoms with van der Waals surface area (Å²) in [5, 5.41) is 76.3. The second-order valence-corrected chi connectivity index (χ2v) is 11.9. The molecule has 1 saturated carbocycles. The summed E-state index contributed by atoms with van der Waals surface area (Å²) in [6.07, 6.45) is -20.7. The number of hydrogen-bond donors (Lipinski definition) is 13. The molecule has 4 aliphatic rings. The minimum absolute atomic E-state index is 0.00516. The summed E-state index contributed by atoms with van der Waals surface area (Å²) >= 11 is 0. The predicted molar refractivity (Wildman–Crippen MR) is 148 cm³/mol. The lowest BCUT2D eigenvalue weighted by atomic mass is 9.83. The molecule has 0 spiro atoms. The molecule has 1 aliphatic carbocycles. The number of nitrogens with two attached hydrogens (primary N) is 5. The topological polar surface area (TPSA) is 356 Å². The van der Waals surface area contributed by atoms with Crippen molar-refractivity contribution in [1.29, 1.82) is 0 Å². The average molecular weight is 657 g/mol. The Balaban J connectivity index is 1.56. The van der Waals surface area contributed by atoms with Crippen molar-refractivity contribution in [3.63, 3.8) is 0 Å². The minimum atomic E-state index is -1.66. The fourth-order valence-corrected chi connectivity index (χ4v) is 6.10. The first-order chi connectivity index (χ1) is 21.2. The van der Waals surface area contributed by atoms with Crippen LogP contribution >= 0.6 is 0 Å². The lowest BCUT2D eigenvalue weighted by Crippen LogP contribution is -2.69. The molecule has 262 valence electrons. The first-order valence-corrected chi connectivity index (χ1v) is 14.8. The summed E-state index contributed by atoms with van der Waals surface area (Å²) in [5.41, 5.74) is 29.6. The van der Waals surface area contributed by atoms with Crippen LogP contribution in [0, 0.1) is 0 Å². The van der Waals surface area contributed by atoms with Crippen molar-refractivity contribution in [2.24, 2.45) is 28.7 Å². The number of ether oxygens (including phenoxy) is 6. The Labute approximate surface area is 258 Å². The van der Waals surface area contributed by atoms with Gasteiger partial charge in [-0.25, -0.2) is 0 Å². The highest BCUT2D eigenvalue weighted by atomic mass is 16.8. The van der Waals surface area contributed by atoms with Gasteiger partial charge in [-0.3, -0.25) is 4.79 Å². The first-order valence-electron chi connectivity index (χ1n) is 14.8. The van der Waals surface area contributed by atoms with E-state index in [1.54, 1.807) is 0 Å². The lowest BCUT2D eigenvalue weighted by molar-refractivity contribution is -0.308. The van der Waals surface area contributed by atoms with Gasteiger partial charge in [0.25, 0.3) is 0 Å². The molecule has 0 unspecified atom stereocenters. The number of aliphatic hydroxyl groups is 7. The van der Waals surface area contributed by atoms with E-state index in [-0.39, 0.29) is 19.5 Å². The summed E-state index contributed by atoms with van der Waals surface area (Å²) in [4.78, 5) is 12.1. The second-order valence-electron chi connectivity index (χ2n) is 11.9. The predicted octanol–water partition coefficient (Wildman–Crippen LogP) is -8.72. The number of carbonyl (C=O) groups is 1. The number of carbonyl (C=O) groups excluding carboxylic acids is 1. The third-order valence-corrected chi connectivity index (χ3v) is 8.72. The van der Waals surface area contributed by atoms with Crippen LogP contribution in [0.4, 0.5) is 0 Å². The van der Waals surface area contributed by atoms with Crippen LogP contribution in [0.1, 0.15) is 13.3 Å². The van der Waals surface area contributed by atoms with E-state index >= 15 is 0 Å². The van der Waals surface area contributed by atoms with E-state index in [1.165, 1.54) is 6.92 Å². The summed E-state index contributed by atoms with van der Waals surface area (Å²) in [6.45, 7) is 0.191. The smallest absolute Gasteiger partial charge is 0.217 e. The Morgan fingerprint density at radius 2 is 1.16 bits per heavy atom. The molecule has 45 heavy (non-hydrogen) atoms. The number of aliphatic hydroxyl groups excluding tert-OH is 7. The molecule has 0 bridgehead atoms. The molecule has 0 aromatic carbocycles. The van der Waals surface area contributed by atoms with Crippen molar-refractivity contribution in [2.75, 3.05) is 19.7 Å². The van der Waals surface area contributed by atoms with Gasteiger partial charge >= 0.3 is 0 Å². The second kappa shape index (κ2) is 15.3. The quantitative estimate of drug-likeness (QED) is 0.104. The van der Waals surface area contributed by atoms with E-state index in [0.717, 1.165) is 0 Å². The Bertz CT molecular complexity index is 973. The van der Waals surface area contributed by atoms with Crippen molar-refractivity contribution in [3.8, 4) is 0 Å². The van der Waals surface area contributed by atoms with Gasteiger partial charge in [-0.2, -0.15) is 0 Å². The van der Waals surface area contributed by atoms with E-state index in [9.17, 15) is 40.5 Å². The average Bonchev–Trinajstić information content (AvgIpc) is 3.30. The van der Waals surface area contributed by atoms with Gasteiger partial charge in [0.05, 0.1) is 30.8 Å². The van der Waals surface area contributed by atoms with Gasteiger partial charge in [-0.1, -0.05) is 0 Å². The summed E-state index contributed by atoms with van der Waals surface area (Å²) in [6, 6.07) is -4.43. The third kappa shape index (κ3) is 7.58. The Hall–Kier alpha value is -1.25. The maximum absolute atomic E-state index is 12.1. The van der Waals surface area contributed by atoms with Crippen LogP contribution in [-0.4, -0.2) is 178 Å². The molecule has 4 rings (SSSR count). The molecule has 3 saturated heterocycles. The molecular formula is C25H48N6O14. The zero-order chi connectivity index (χ0) is 33.3. The molecule has 4 fully saturated rings. The van der Waals surface area contributed by atoms with Gasteiger partial charge in [-0.05, 0) is 6.42 Å². The zero-order valence-corrected chi connectivity index (χ0v) is 24.7. The molecule has 19 atom stereocenters. The molecule has 0 radical (unpaired) electrons. The zero-order valence-electron chi connectivity index (χ0n) is 24.7. The van der Waals surface area contributed by atoms with Crippen LogP contribution in [0.15, 0.2) is 0 Å². The monoisotopic (exact) mass is 656 g/mol. The van der Waals surface area contributed by atoms with Crippen molar-refractivity contribution in [1.82, 2.24) is 5.32 Å². The summed E-state index contributed by atoms with van der Waals surface area (Å²) in [7, 11) is 0. The third-order valence-electron chi connectivity index (χ3n) is 8.72. The van der Waals surface area contributed by atoms with Gasteiger partial charge in [0.1, 0.15) is 67.1 Å². The summed E-state index contributed by atoms with van der Waals surface area (Å²) < 4.78 is 34.9. The number of hydrogen-bond acceptors (Lipinski definition) is 19. The number of amides is 1. The van der Waals surface area contributed by atoms with Crippen LogP contribution in [0.5, 0.6) is 0 Å². The van der Waals surface area contributed by atoms with Crippen molar-refractivity contribution in [3.05, 3.63) is 0 Å². The largest absolute Gasteiger partial charge is 0.394 e. The maximum atomic E-state index is 12.1. The first kappa shape index (κ1) is 36.6. The van der Waals surface area contributed by atoms with Crippen LogP contribution in [0.3, 0.4) is 0 Å². The number of rotatable bonds is 10. The molecule has 1 amide bonds. The normalized spacial score (nSPS) is 50.8. The lowest BCUT2D eigenvalue weighted by Gasteiger charge is -2.48. The molecule has 0 aromatic rings. The number of nitrogens with one attached hydrogen (secondary N) is 1. The molecule has 20 nitrogen and oxygen atoms in total. The highest BCUT2D eigenvalue weighted by Crippen LogP contribution is 2.34. The minimum Gasteiger partial charge on any atom is -0.394 e. The van der Waals surface area contributed by atoms with E-state index in [1.807, 2.05) is 0 Å². The molecule has 20 heteroatoms. The highest BCUT2D eigenvalue weighted by Gasteiger charge is 2.55. The van der Waals surface area contributed by atoms with E-state index < -0.39 is 129 Å². The highest BCUT2D eigenvalue weighted by molar-refractivity contribution is 5.73. The molecule has 18 N–H and O–H groups in total. The van der Waals surface area contributed by atoms with Gasteiger partial charge in [0, 0.05) is 26.1 Å². The van der Waals surface area contributed by atoms with Gasteiger partial charge in [0.15, 0.2) is 18.9 Å². The van der Waals surface area contributed by atoms with Crippen molar-refractivity contribution >= 4 is 5.91 Å². The maximum Gasteiger partial charge on any atom is 0.217 e. The van der Waals surface area contributed by atoms with Gasteiger partial charge in [0.2, 0.25) is 5.91 Å². The SMILES string of the molecule is CC(=O)N[C@H]1C[C@@H](N)[C@H](O)[C@@H](O[C@@H]2O[C@H](CO)[C@@H](O[C@H]3O[C@H](CN)[C@@H](O)[C@H](O)[C@H]3N)[C@H]2O)[C@@H]1O[C@H]1O[C@H](CN)[C@@H](O)[C@H](O)[C@H]1N. The Morgan fingerprint density at radius 3 is 1.62 bits per heavy atom. The van der Waals surface area contributed by atoms with Crippen molar-refractivity contribution in [2.45, 2.75) is 130 Å². The summed E-state index contributed by atoms with van der Waals surface area (Å²) in [5.74, 6) is -0.474. The van der Waals surface area contributed by atoms with Crippen LogP contribution < -0.4 is 34.0 Å². The van der Waals surface area contributed by atoms with E-state index in [4.69, 9.17) is 57.1 Å². The van der Waals surface area contributed by atoms with E-state index in [0.29, 0.717) is 0 Å². The standard InChI is InChI=1S/C25H48N6O14/c1-6(33)31-8-2-7(28)14(34)22(20(8)43-23-12(29)17(37)15(35)9(3-26)40-23)45-25-19(39)21(11(5-32)42-25)44-24-13(30)18(38)16(36)10(4-27)41-24/h7-25,32,34-39H,2-5,26-30H2,1H3,(H,31,33)/t7-,8+,9-,10-,11-,12-,13-,14+,15-,16-,17-,18-,19-,20-,21-,22-,23-,24-,25+/m1/s1. The van der Waals surface area contributed by atoms with Crippen LogP contribution in [0.2, 0.25) is 0 Å².